The summed E-state index contributed by atoms with van der Waals surface area (Å²) in [6, 6.07) is 8.11. The van der Waals surface area contributed by atoms with E-state index in [1.54, 1.807) is 5.38 Å². The van der Waals surface area contributed by atoms with Gasteiger partial charge >= 0.3 is 5.97 Å². The Morgan fingerprint density at radius 3 is 2.95 bits per heavy atom. The molecule has 0 spiro atoms. The lowest BCUT2D eigenvalue weighted by Gasteiger charge is -2.02. The van der Waals surface area contributed by atoms with Gasteiger partial charge < -0.3 is 9.72 Å². The highest BCUT2D eigenvalue weighted by atomic mass is 32.1. The summed E-state index contributed by atoms with van der Waals surface area (Å²) in [5.41, 5.74) is 3.51. The van der Waals surface area contributed by atoms with Crippen molar-refractivity contribution in [3.05, 3.63) is 58.2 Å². The number of methoxy groups -OCH3 is 1. The van der Waals surface area contributed by atoms with Crippen molar-refractivity contribution in [3.8, 4) is 0 Å². The van der Waals surface area contributed by atoms with Crippen LogP contribution in [0.25, 0.3) is 16.5 Å². The smallest absolute Gasteiger partial charge is 0.357 e. The lowest BCUT2D eigenvalue weighted by atomic mass is 10.1. The minimum absolute atomic E-state index is 0.344. The fraction of sp³-hybridized carbons (Fsp3) is 0.125. The first-order valence-corrected chi connectivity index (χ1v) is 7.39. The van der Waals surface area contributed by atoms with Gasteiger partial charge in [0, 0.05) is 33.6 Å². The van der Waals surface area contributed by atoms with E-state index < -0.39 is 5.97 Å². The number of esters is 1. The summed E-state index contributed by atoms with van der Waals surface area (Å²) in [5.74, 6) is -0.410. The van der Waals surface area contributed by atoms with Crippen LogP contribution in [0.4, 0.5) is 0 Å². The quantitative estimate of drug-likeness (QED) is 0.747. The Morgan fingerprint density at radius 2 is 2.19 bits per heavy atom. The number of aromatic nitrogens is 2. The molecule has 3 aromatic rings. The van der Waals surface area contributed by atoms with Crippen molar-refractivity contribution in [1.29, 1.82) is 0 Å². The minimum atomic E-state index is -0.410. The number of aromatic amines is 1. The van der Waals surface area contributed by atoms with Gasteiger partial charge in [-0.3, -0.25) is 0 Å². The van der Waals surface area contributed by atoms with Gasteiger partial charge in [0.05, 0.1) is 7.11 Å². The summed E-state index contributed by atoms with van der Waals surface area (Å²) < 4.78 is 4.70. The average molecular weight is 298 g/mol. The molecule has 0 unspecified atom stereocenters. The predicted molar refractivity (Wildman–Crippen MR) is 84.5 cm³/mol. The summed E-state index contributed by atoms with van der Waals surface area (Å²) in [5, 5.41) is 3.67. The van der Waals surface area contributed by atoms with Gasteiger partial charge in [-0.2, -0.15) is 0 Å². The average Bonchev–Trinajstić information content (AvgIpc) is 3.15. The summed E-state index contributed by atoms with van der Waals surface area (Å²) in [6.07, 6.45) is 3.98. The van der Waals surface area contributed by atoms with Crippen LogP contribution in [-0.4, -0.2) is 23.0 Å². The number of fused-ring (bicyclic) bond motifs is 1. The van der Waals surface area contributed by atoms with Crippen LogP contribution < -0.4 is 0 Å². The van der Waals surface area contributed by atoms with Crippen LogP contribution in [0, 0.1) is 0 Å². The number of H-pyrrole nitrogens is 1. The van der Waals surface area contributed by atoms with Gasteiger partial charge in [0.25, 0.3) is 0 Å². The summed E-state index contributed by atoms with van der Waals surface area (Å²) in [4.78, 5) is 19.2. The molecule has 0 fully saturated rings. The van der Waals surface area contributed by atoms with Crippen molar-refractivity contribution in [2.24, 2.45) is 0 Å². The highest BCUT2D eigenvalue weighted by molar-refractivity contribution is 7.11. The van der Waals surface area contributed by atoms with E-state index in [0.29, 0.717) is 5.69 Å². The zero-order valence-corrected chi connectivity index (χ0v) is 12.5. The normalized spacial score (nSPS) is 11.8. The molecule has 1 aromatic carbocycles. The molecule has 106 valence electrons. The number of rotatable bonds is 3. The largest absolute Gasteiger partial charge is 0.464 e. The summed E-state index contributed by atoms with van der Waals surface area (Å²) in [6.45, 7) is 1.97. The van der Waals surface area contributed by atoms with Crippen LogP contribution in [0.5, 0.6) is 0 Å². The number of ether oxygens (including phenoxy) is 1. The SMILES string of the molecule is CC=C(c1nc(C(=O)OC)cs1)c1c[nH]c2ccccc12. The Bertz CT molecular complexity index is 830. The van der Waals surface area contributed by atoms with Crippen molar-refractivity contribution in [2.75, 3.05) is 7.11 Å². The molecule has 3 rings (SSSR count). The van der Waals surface area contributed by atoms with Crippen molar-refractivity contribution in [1.82, 2.24) is 9.97 Å². The number of benzene rings is 1. The summed E-state index contributed by atoms with van der Waals surface area (Å²) >= 11 is 1.44. The monoisotopic (exact) mass is 298 g/mol. The zero-order chi connectivity index (χ0) is 14.8. The maximum absolute atomic E-state index is 11.5. The molecule has 21 heavy (non-hydrogen) atoms. The van der Waals surface area contributed by atoms with Crippen LogP contribution in [0.2, 0.25) is 0 Å². The lowest BCUT2D eigenvalue weighted by Crippen LogP contribution is -2.01. The number of para-hydroxylation sites is 1. The van der Waals surface area contributed by atoms with Gasteiger partial charge in [-0.25, -0.2) is 9.78 Å². The van der Waals surface area contributed by atoms with Gasteiger partial charge in [0.1, 0.15) is 5.01 Å². The molecule has 0 saturated heterocycles. The van der Waals surface area contributed by atoms with E-state index in [2.05, 4.69) is 16.0 Å². The molecule has 0 atom stereocenters. The standard InChI is InChI=1S/C16H14N2O2S/c1-3-10(15-18-14(9-21-15)16(19)20-2)12-8-17-13-7-5-4-6-11(12)13/h3-9,17H,1-2H3. The second kappa shape index (κ2) is 5.54. The highest BCUT2D eigenvalue weighted by Crippen LogP contribution is 2.31. The first kappa shape index (κ1) is 13.6. The molecule has 0 aliphatic heterocycles. The maximum atomic E-state index is 11.5. The van der Waals surface area contributed by atoms with Gasteiger partial charge in [0.2, 0.25) is 0 Å². The predicted octanol–water partition coefficient (Wildman–Crippen LogP) is 3.86. The minimum Gasteiger partial charge on any atom is -0.464 e. The second-order valence-corrected chi connectivity index (χ2v) is 5.34. The zero-order valence-electron chi connectivity index (χ0n) is 11.7. The van der Waals surface area contributed by atoms with E-state index in [1.807, 2.05) is 37.4 Å². The van der Waals surface area contributed by atoms with E-state index in [0.717, 1.165) is 27.0 Å². The van der Waals surface area contributed by atoms with E-state index >= 15 is 0 Å². The third-order valence-electron chi connectivity index (χ3n) is 3.30. The van der Waals surface area contributed by atoms with Crippen molar-refractivity contribution >= 4 is 33.8 Å². The Kier molecular flexibility index (Phi) is 3.58. The Hall–Kier alpha value is -2.40. The molecular formula is C16H14N2O2S. The number of hydrogen-bond acceptors (Lipinski definition) is 4. The Labute approximate surface area is 126 Å². The lowest BCUT2D eigenvalue weighted by molar-refractivity contribution is 0.0595. The number of carbonyl (C=O) groups is 1. The van der Waals surface area contributed by atoms with E-state index in [4.69, 9.17) is 4.74 Å². The number of allylic oxidation sites excluding steroid dienone is 1. The molecule has 0 amide bonds. The van der Waals surface area contributed by atoms with Crippen LogP contribution in [0.1, 0.15) is 28.0 Å². The van der Waals surface area contributed by atoms with Crippen LogP contribution in [0.15, 0.2) is 41.9 Å². The summed E-state index contributed by atoms with van der Waals surface area (Å²) in [7, 11) is 1.36. The number of hydrogen-bond donors (Lipinski definition) is 1. The van der Waals surface area contributed by atoms with Crippen LogP contribution in [-0.2, 0) is 4.74 Å². The van der Waals surface area contributed by atoms with Crippen molar-refractivity contribution in [3.63, 3.8) is 0 Å². The molecular weight excluding hydrogens is 284 g/mol. The fourth-order valence-electron chi connectivity index (χ4n) is 2.28. The molecule has 2 heterocycles. The van der Waals surface area contributed by atoms with Crippen LogP contribution in [0.3, 0.4) is 0 Å². The molecule has 0 aliphatic rings. The van der Waals surface area contributed by atoms with Crippen LogP contribution >= 0.6 is 11.3 Å². The first-order valence-electron chi connectivity index (χ1n) is 6.51. The Morgan fingerprint density at radius 1 is 1.38 bits per heavy atom. The molecule has 5 heteroatoms. The second-order valence-electron chi connectivity index (χ2n) is 4.48. The topological polar surface area (TPSA) is 55.0 Å². The molecule has 0 radical (unpaired) electrons. The van der Waals surface area contributed by atoms with E-state index in [-0.39, 0.29) is 0 Å². The molecule has 2 aromatic heterocycles. The Balaban J connectivity index is 2.07. The van der Waals surface area contributed by atoms with Crippen molar-refractivity contribution in [2.45, 2.75) is 6.92 Å². The van der Waals surface area contributed by atoms with E-state index in [1.165, 1.54) is 18.4 Å². The third kappa shape index (κ3) is 2.36. The number of nitrogens with one attached hydrogen (secondary N) is 1. The van der Waals surface area contributed by atoms with Crippen molar-refractivity contribution < 1.29 is 9.53 Å². The molecule has 4 nitrogen and oxygen atoms in total. The van der Waals surface area contributed by atoms with Gasteiger partial charge in [0.15, 0.2) is 5.69 Å². The highest BCUT2D eigenvalue weighted by Gasteiger charge is 2.16. The van der Waals surface area contributed by atoms with Gasteiger partial charge in [-0.05, 0) is 13.0 Å². The number of carbonyl (C=O) groups excluding carboxylic acids is 1. The van der Waals surface area contributed by atoms with Gasteiger partial charge in [-0.15, -0.1) is 11.3 Å². The number of nitrogens with zero attached hydrogens (tertiary/aromatic N) is 1. The molecule has 0 saturated carbocycles. The van der Waals surface area contributed by atoms with Gasteiger partial charge in [-0.1, -0.05) is 24.3 Å². The maximum Gasteiger partial charge on any atom is 0.357 e. The molecule has 1 N–H and O–H groups in total. The number of thiazole rings is 1. The molecule has 0 bridgehead atoms. The van der Waals surface area contributed by atoms with E-state index in [9.17, 15) is 4.79 Å². The third-order valence-corrected chi connectivity index (χ3v) is 4.17. The fourth-order valence-corrected chi connectivity index (χ4v) is 3.16. The molecule has 0 aliphatic carbocycles. The first-order chi connectivity index (χ1) is 10.2.